The van der Waals surface area contributed by atoms with Crippen molar-refractivity contribution in [1.82, 2.24) is 4.31 Å². The summed E-state index contributed by atoms with van der Waals surface area (Å²) < 4.78 is 40.6. The number of benzene rings is 2. The summed E-state index contributed by atoms with van der Waals surface area (Å²) in [5.74, 6) is -0.0943. The third kappa shape index (κ3) is 4.59. The molecule has 0 bridgehead atoms. The number of piperidine rings is 1. The molecule has 1 aliphatic rings. The predicted molar refractivity (Wildman–Crippen MR) is 108 cm³/mol. The molecule has 2 aromatic rings. The van der Waals surface area contributed by atoms with Crippen molar-refractivity contribution in [3.63, 3.8) is 0 Å². The minimum absolute atomic E-state index is 0.00138. The molecule has 0 amide bonds. The van der Waals surface area contributed by atoms with Crippen molar-refractivity contribution in [2.45, 2.75) is 31.6 Å². The van der Waals surface area contributed by atoms with Crippen LogP contribution in [0.5, 0.6) is 0 Å². The van der Waals surface area contributed by atoms with Gasteiger partial charge < -0.3 is 5.32 Å². The molecule has 1 saturated heterocycles. The largest absolute Gasteiger partial charge is 0.378 e. The van der Waals surface area contributed by atoms with Gasteiger partial charge in [0.15, 0.2) is 5.78 Å². The number of ketones is 1. The number of hydrogen-bond donors (Lipinski definition) is 1. The number of halogens is 1. The summed E-state index contributed by atoms with van der Waals surface area (Å²) in [4.78, 5) is 12.5. The number of nitrogens with zero attached hydrogens (tertiary/aromatic N) is 1. The fourth-order valence-corrected chi connectivity index (χ4v) is 4.64. The SMILES string of the molecule is Cc1ccc(C(=O)CNc2ccc(S(=O)(=O)N3CCC(C)CC3)cc2)cc1F. The maximum Gasteiger partial charge on any atom is 0.243 e. The zero-order valence-corrected chi connectivity index (χ0v) is 16.9. The zero-order chi connectivity index (χ0) is 20.3. The number of sulfonamides is 1. The number of anilines is 1. The van der Waals surface area contributed by atoms with Gasteiger partial charge in [0, 0.05) is 24.3 Å². The number of carbonyl (C=O) groups excluding carboxylic acids is 1. The second-order valence-electron chi connectivity index (χ2n) is 7.35. The highest BCUT2D eigenvalue weighted by atomic mass is 32.2. The van der Waals surface area contributed by atoms with Gasteiger partial charge >= 0.3 is 0 Å². The van der Waals surface area contributed by atoms with Crippen molar-refractivity contribution in [2.75, 3.05) is 25.0 Å². The normalized spacial score (nSPS) is 16.1. The van der Waals surface area contributed by atoms with E-state index in [1.807, 2.05) is 0 Å². The van der Waals surface area contributed by atoms with Crippen LogP contribution in [0, 0.1) is 18.7 Å². The lowest BCUT2D eigenvalue weighted by molar-refractivity contribution is 0.101. The molecule has 1 fully saturated rings. The van der Waals surface area contributed by atoms with Crippen LogP contribution >= 0.6 is 0 Å². The van der Waals surface area contributed by atoms with Crippen molar-refractivity contribution >= 4 is 21.5 Å². The zero-order valence-electron chi connectivity index (χ0n) is 16.1. The van der Waals surface area contributed by atoms with E-state index in [-0.39, 0.29) is 17.2 Å². The monoisotopic (exact) mass is 404 g/mol. The Kier molecular flexibility index (Phi) is 6.15. The number of hydrogen-bond acceptors (Lipinski definition) is 4. The topological polar surface area (TPSA) is 66.5 Å². The van der Waals surface area contributed by atoms with Crippen LogP contribution in [0.1, 0.15) is 35.7 Å². The minimum Gasteiger partial charge on any atom is -0.378 e. The lowest BCUT2D eigenvalue weighted by Gasteiger charge is -2.29. The van der Waals surface area contributed by atoms with Crippen LogP contribution in [0.15, 0.2) is 47.4 Å². The summed E-state index contributed by atoms with van der Waals surface area (Å²) in [6, 6.07) is 10.8. The van der Waals surface area contributed by atoms with Crippen molar-refractivity contribution in [3.8, 4) is 0 Å². The van der Waals surface area contributed by atoms with E-state index in [4.69, 9.17) is 0 Å². The van der Waals surface area contributed by atoms with E-state index in [1.165, 1.54) is 10.4 Å². The van der Waals surface area contributed by atoms with Gasteiger partial charge in [-0.2, -0.15) is 4.31 Å². The van der Waals surface area contributed by atoms with Crippen LogP contribution in [0.3, 0.4) is 0 Å². The van der Waals surface area contributed by atoms with Crippen LogP contribution in [-0.4, -0.2) is 38.1 Å². The Morgan fingerprint density at radius 1 is 1.14 bits per heavy atom. The number of Topliss-reactive ketones (excluding diaryl/α,β-unsaturated/α-hetero) is 1. The van der Waals surface area contributed by atoms with Gasteiger partial charge in [0.05, 0.1) is 11.4 Å². The summed E-state index contributed by atoms with van der Waals surface area (Å²) in [5, 5.41) is 2.96. The van der Waals surface area contributed by atoms with Crippen molar-refractivity contribution in [3.05, 3.63) is 59.4 Å². The predicted octanol–water partition coefficient (Wildman–Crippen LogP) is 3.85. The lowest BCUT2D eigenvalue weighted by atomic mass is 10.0. The third-order valence-corrected chi connectivity index (χ3v) is 7.09. The maximum absolute atomic E-state index is 13.6. The Hall–Kier alpha value is -2.25. The molecule has 0 aliphatic carbocycles. The van der Waals surface area contributed by atoms with Crippen LogP contribution in [0.4, 0.5) is 10.1 Å². The van der Waals surface area contributed by atoms with Crippen LogP contribution in [0.25, 0.3) is 0 Å². The summed E-state index contributed by atoms with van der Waals surface area (Å²) in [6.45, 7) is 4.87. The van der Waals surface area contributed by atoms with Gasteiger partial charge in [-0.15, -0.1) is 0 Å². The van der Waals surface area contributed by atoms with E-state index in [9.17, 15) is 17.6 Å². The van der Waals surface area contributed by atoms with Gasteiger partial charge in [-0.3, -0.25) is 4.79 Å². The molecule has 5 nitrogen and oxygen atoms in total. The number of aryl methyl sites for hydroxylation is 1. The van der Waals surface area contributed by atoms with E-state index in [1.54, 1.807) is 43.3 Å². The molecule has 150 valence electrons. The highest BCUT2D eigenvalue weighted by molar-refractivity contribution is 7.89. The third-order valence-electron chi connectivity index (χ3n) is 5.18. The first-order chi connectivity index (χ1) is 13.3. The second-order valence-corrected chi connectivity index (χ2v) is 9.29. The Balaban J connectivity index is 1.62. The van der Waals surface area contributed by atoms with E-state index in [0.717, 1.165) is 12.8 Å². The van der Waals surface area contributed by atoms with Gasteiger partial charge in [0.2, 0.25) is 10.0 Å². The molecule has 0 unspecified atom stereocenters. The van der Waals surface area contributed by atoms with E-state index >= 15 is 0 Å². The first-order valence-electron chi connectivity index (χ1n) is 9.41. The smallest absolute Gasteiger partial charge is 0.243 e. The summed E-state index contributed by atoms with van der Waals surface area (Å²) in [5.41, 5.74) is 1.42. The number of nitrogens with one attached hydrogen (secondary N) is 1. The molecule has 1 N–H and O–H groups in total. The molecule has 1 heterocycles. The van der Waals surface area contributed by atoms with E-state index in [2.05, 4.69) is 12.2 Å². The van der Waals surface area contributed by atoms with Gasteiger partial charge in [-0.25, -0.2) is 12.8 Å². The lowest BCUT2D eigenvalue weighted by Crippen LogP contribution is -2.37. The van der Waals surface area contributed by atoms with E-state index < -0.39 is 15.8 Å². The van der Waals surface area contributed by atoms with Gasteiger partial charge in [-0.05, 0) is 61.6 Å². The Labute approximate surface area is 165 Å². The minimum atomic E-state index is -3.49. The molecule has 0 saturated carbocycles. The van der Waals surface area contributed by atoms with Gasteiger partial charge in [0.1, 0.15) is 5.82 Å². The second kappa shape index (κ2) is 8.41. The average molecular weight is 405 g/mol. The van der Waals surface area contributed by atoms with Gasteiger partial charge in [-0.1, -0.05) is 19.1 Å². The molecule has 2 aromatic carbocycles. The molecule has 3 rings (SSSR count). The first kappa shape index (κ1) is 20.5. The quantitative estimate of drug-likeness (QED) is 0.743. The molecule has 1 aliphatic heterocycles. The van der Waals surface area contributed by atoms with Crippen LogP contribution < -0.4 is 5.32 Å². The standard InChI is InChI=1S/C21H25FN2O3S/c1-15-9-11-24(12-10-15)28(26,27)19-7-5-18(6-8-19)23-14-21(25)17-4-3-16(2)20(22)13-17/h3-8,13,15,23H,9-12,14H2,1-2H3. The van der Waals surface area contributed by atoms with Crippen molar-refractivity contribution in [2.24, 2.45) is 5.92 Å². The summed E-state index contributed by atoms with van der Waals surface area (Å²) in [7, 11) is -3.49. The Morgan fingerprint density at radius 2 is 1.79 bits per heavy atom. The van der Waals surface area contributed by atoms with Crippen LogP contribution in [0.2, 0.25) is 0 Å². The molecule has 0 atom stereocenters. The molecule has 0 radical (unpaired) electrons. The number of rotatable bonds is 6. The fourth-order valence-electron chi connectivity index (χ4n) is 3.17. The molecular weight excluding hydrogens is 379 g/mol. The van der Waals surface area contributed by atoms with Gasteiger partial charge in [0.25, 0.3) is 0 Å². The van der Waals surface area contributed by atoms with Crippen LogP contribution in [-0.2, 0) is 10.0 Å². The maximum atomic E-state index is 13.6. The average Bonchev–Trinajstić information content (AvgIpc) is 2.69. The fraction of sp³-hybridized carbons (Fsp3) is 0.381. The molecular formula is C21H25FN2O3S. The first-order valence-corrected chi connectivity index (χ1v) is 10.8. The molecule has 7 heteroatoms. The molecule has 28 heavy (non-hydrogen) atoms. The number of carbonyl (C=O) groups is 1. The molecule has 0 aromatic heterocycles. The van der Waals surface area contributed by atoms with Crippen molar-refractivity contribution < 1.29 is 17.6 Å². The Bertz CT molecular complexity index is 950. The summed E-state index contributed by atoms with van der Waals surface area (Å²) in [6.07, 6.45) is 1.75. The highest BCUT2D eigenvalue weighted by Gasteiger charge is 2.27. The Morgan fingerprint density at radius 3 is 2.39 bits per heavy atom. The van der Waals surface area contributed by atoms with E-state index in [0.29, 0.717) is 35.8 Å². The molecule has 0 spiro atoms. The van der Waals surface area contributed by atoms with Crippen molar-refractivity contribution in [1.29, 1.82) is 0 Å². The highest BCUT2D eigenvalue weighted by Crippen LogP contribution is 2.24. The summed E-state index contributed by atoms with van der Waals surface area (Å²) >= 11 is 0.